The Morgan fingerprint density at radius 2 is 1.77 bits per heavy atom. The van der Waals surface area contributed by atoms with Gasteiger partial charge in [0.05, 0.1) is 5.92 Å². The highest BCUT2D eigenvalue weighted by molar-refractivity contribution is 6.41. The molecule has 0 bridgehead atoms. The SMILES string of the molecule is CCC(C(=N)C(=O)OCc1ccccc1)C(=O)c1c[nH]c2ccccc12. The molecule has 0 aliphatic carbocycles. The molecule has 132 valence electrons. The molecule has 2 N–H and O–H groups in total. The van der Waals surface area contributed by atoms with Gasteiger partial charge in [0, 0.05) is 22.7 Å². The van der Waals surface area contributed by atoms with Gasteiger partial charge in [-0.25, -0.2) is 4.79 Å². The van der Waals surface area contributed by atoms with Crippen molar-refractivity contribution in [2.75, 3.05) is 0 Å². The van der Waals surface area contributed by atoms with Gasteiger partial charge in [-0.1, -0.05) is 55.5 Å². The predicted molar refractivity (Wildman–Crippen MR) is 100 cm³/mol. The molecular weight excluding hydrogens is 328 g/mol. The van der Waals surface area contributed by atoms with Crippen LogP contribution in [-0.4, -0.2) is 22.4 Å². The topological polar surface area (TPSA) is 83.0 Å². The number of rotatable bonds is 7. The first-order chi connectivity index (χ1) is 12.6. The zero-order chi connectivity index (χ0) is 18.5. The monoisotopic (exact) mass is 348 g/mol. The number of nitrogens with one attached hydrogen (secondary N) is 2. The summed E-state index contributed by atoms with van der Waals surface area (Å²) < 4.78 is 5.20. The van der Waals surface area contributed by atoms with Crippen molar-refractivity contribution in [1.29, 1.82) is 5.41 Å². The lowest BCUT2D eigenvalue weighted by molar-refractivity contribution is -0.137. The van der Waals surface area contributed by atoms with E-state index in [0.717, 1.165) is 16.5 Å². The third-order valence-electron chi connectivity index (χ3n) is 4.36. The number of esters is 1. The van der Waals surface area contributed by atoms with Crippen LogP contribution in [0, 0.1) is 11.3 Å². The fraction of sp³-hybridized carbons (Fsp3) is 0.190. The molecule has 0 aliphatic rings. The maximum Gasteiger partial charge on any atom is 0.353 e. The summed E-state index contributed by atoms with van der Waals surface area (Å²) in [6.07, 6.45) is 2.00. The van der Waals surface area contributed by atoms with Crippen LogP contribution >= 0.6 is 0 Å². The summed E-state index contributed by atoms with van der Waals surface area (Å²) in [5.41, 5.74) is 1.88. The second kappa shape index (κ2) is 7.78. The third kappa shape index (κ3) is 3.57. The molecule has 1 aromatic heterocycles. The number of para-hydroxylation sites is 1. The Morgan fingerprint density at radius 1 is 1.08 bits per heavy atom. The van der Waals surface area contributed by atoms with Gasteiger partial charge in [-0.2, -0.15) is 0 Å². The number of hydrogen-bond donors (Lipinski definition) is 2. The minimum Gasteiger partial charge on any atom is -0.456 e. The van der Waals surface area contributed by atoms with Crippen molar-refractivity contribution < 1.29 is 14.3 Å². The van der Waals surface area contributed by atoms with Crippen LogP contribution in [0.1, 0.15) is 29.3 Å². The summed E-state index contributed by atoms with van der Waals surface area (Å²) in [5.74, 6) is -1.82. The van der Waals surface area contributed by atoms with Gasteiger partial charge < -0.3 is 9.72 Å². The van der Waals surface area contributed by atoms with Gasteiger partial charge in [0.1, 0.15) is 12.3 Å². The average Bonchev–Trinajstić information content (AvgIpc) is 3.11. The Labute approximate surface area is 151 Å². The van der Waals surface area contributed by atoms with Crippen LogP contribution in [0.2, 0.25) is 0 Å². The van der Waals surface area contributed by atoms with E-state index in [4.69, 9.17) is 10.1 Å². The van der Waals surface area contributed by atoms with E-state index in [1.165, 1.54) is 0 Å². The van der Waals surface area contributed by atoms with E-state index in [9.17, 15) is 9.59 Å². The first-order valence-electron chi connectivity index (χ1n) is 8.51. The number of H-pyrrole nitrogens is 1. The lowest BCUT2D eigenvalue weighted by Crippen LogP contribution is -2.30. The van der Waals surface area contributed by atoms with Crippen LogP contribution < -0.4 is 0 Å². The quantitative estimate of drug-likeness (QED) is 0.382. The molecule has 2 aromatic carbocycles. The second-order valence-electron chi connectivity index (χ2n) is 6.05. The summed E-state index contributed by atoms with van der Waals surface area (Å²) in [6, 6.07) is 16.7. The number of carbonyl (C=O) groups is 2. The molecule has 5 heteroatoms. The minimum absolute atomic E-state index is 0.0831. The van der Waals surface area contributed by atoms with Gasteiger partial charge >= 0.3 is 5.97 Å². The molecule has 0 amide bonds. The molecule has 1 heterocycles. The maximum atomic E-state index is 12.9. The predicted octanol–water partition coefficient (Wildman–Crippen LogP) is 4.14. The number of ketones is 1. The Bertz CT molecular complexity index is 944. The largest absolute Gasteiger partial charge is 0.456 e. The standard InChI is InChI=1S/C21H20N2O3/c1-2-15(19(22)21(25)26-13-14-8-4-3-5-9-14)20(24)17-12-23-18-11-7-6-10-16(17)18/h3-12,15,22-23H,2,13H2,1H3. The molecular formula is C21H20N2O3. The Kier molecular flexibility index (Phi) is 5.27. The van der Waals surface area contributed by atoms with Crippen molar-refractivity contribution >= 4 is 28.4 Å². The van der Waals surface area contributed by atoms with Gasteiger partial charge in [0.25, 0.3) is 0 Å². The number of carbonyl (C=O) groups excluding carboxylic acids is 2. The summed E-state index contributed by atoms with van der Waals surface area (Å²) >= 11 is 0. The summed E-state index contributed by atoms with van der Waals surface area (Å²) in [4.78, 5) is 28.2. The van der Waals surface area contributed by atoms with Crippen molar-refractivity contribution in [2.24, 2.45) is 5.92 Å². The highest BCUT2D eigenvalue weighted by atomic mass is 16.5. The number of ether oxygens (including phenoxy) is 1. The number of hydrogen-bond acceptors (Lipinski definition) is 4. The molecule has 0 fully saturated rings. The van der Waals surface area contributed by atoms with E-state index in [1.54, 1.807) is 13.1 Å². The highest BCUT2D eigenvalue weighted by Crippen LogP contribution is 2.23. The zero-order valence-corrected chi connectivity index (χ0v) is 14.5. The number of aromatic amines is 1. The highest BCUT2D eigenvalue weighted by Gasteiger charge is 2.29. The van der Waals surface area contributed by atoms with Gasteiger partial charge in [-0.05, 0) is 18.1 Å². The van der Waals surface area contributed by atoms with Crippen LogP contribution in [-0.2, 0) is 16.1 Å². The smallest absolute Gasteiger partial charge is 0.353 e. The molecule has 0 saturated carbocycles. The molecule has 26 heavy (non-hydrogen) atoms. The van der Waals surface area contributed by atoms with E-state index < -0.39 is 11.9 Å². The summed E-state index contributed by atoms with van der Waals surface area (Å²) in [6.45, 7) is 1.87. The first kappa shape index (κ1) is 17.6. The third-order valence-corrected chi connectivity index (χ3v) is 4.36. The van der Waals surface area contributed by atoms with Crippen molar-refractivity contribution in [3.8, 4) is 0 Å². The minimum atomic E-state index is -0.822. The second-order valence-corrected chi connectivity index (χ2v) is 6.05. The number of fused-ring (bicyclic) bond motifs is 1. The van der Waals surface area contributed by atoms with Crippen LogP contribution in [0.5, 0.6) is 0 Å². The van der Waals surface area contributed by atoms with Crippen molar-refractivity contribution in [3.63, 3.8) is 0 Å². The van der Waals surface area contributed by atoms with Crippen LogP contribution in [0.15, 0.2) is 60.8 Å². The molecule has 0 radical (unpaired) electrons. The Morgan fingerprint density at radius 3 is 2.50 bits per heavy atom. The van der Waals surface area contributed by atoms with E-state index in [-0.39, 0.29) is 18.1 Å². The number of benzene rings is 2. The van der Waals surface area contributed by atoms with Crippen LogP contribution in [0.4, 0.5) is 0 Å². The molecule has 0 spiro atoms. The molecule has 0 saturated heterocycles. The zero-order valence-electron chi connectivity index (χ0n) is 14.5. The fourth-order valence-corrected chi connectivity index (χ4v) is 2.93. The molecule has 5 nitrogen and oxygen atoms in total. The van der Waals surface area contributed by atoms with Crippen molar-refractivity contribution in [3.05, 3.63) is 71.9 Å². The van der Waals surface area contributed by atoms with Gasteiger partial charge in [0.15, 0.2) is 5.78 Å². The molecule has 3 aromatic rings. The van der Waals surface area contributed by atoms with E-state index in [1.807, 2.05) is 54.6 Å². The van der Waals surface area contributed by atoms with Crippen molar-refractivity contribution in [1.82, 2.24) is 4.98 Å². The van der Waals surface area contributed by atoms with E-state index in [0.29, 0.717) is 12.0 Å². The lowest BCUT2D eigenvalue weighted by Gasteiger charge is -2.14. The number of aromatic nitrogens is 1. The lowest BCUT2D eigenvalue weighted by atomic mass is 9.90. The molecule has 0 aliphatic heterocycles. The van der Waals surface area contributed by atoms with E-state index >= 15 is 0 Å². The van der Waals surface area contributed by atoms with Crippen LogP contribution in [0.3, 0.4) is 0 Å². The van der Waals surface area contributed by atoms with Gasteiger partial charge in [-0.3, -0.25) is 10.2 Å². The van der Waals surface area contributed by atoms with E-state index in [2.05, 4.69) is 4.98 Å². The summed E-state index contributed by atoms with van der Waals surface area (Å²) in [5, 5.41) is 8.95. The van der Waals surface area contributed by atoms with Crippen molar-refractivity contribution in [2.45, 2.75) is 20.0 Å². The molecule has 3 rings (SSSR count). The maximum absolute atomic E-state index is 12.9. The molecule has 1 atom stereocenters. The first-order valence-corrected chi connectivity index (χ1v) is 8.51. The summed E-state index contributed by atoms with van der Waals surface area (Å²) in [7, 11) is 0. The Balaban J connectivity index is 1.73. The molecule has 1 unspecified atom stereocenters. The van der Waals surface area contributed by atoms with Crippen LogP contribution in [0.25, 0.3) is 10.9 Å². The Hall–Kier alpha value is -3.21. The normalized spacial score (nSPS) is 11.9. The average molecular weight is 348 g/mol. The number of Topliss-reactive ketones (excluding diaryl/α,β-unsaturated/α-hetero) is 1. The van der Waals surface area contributed by atoms with Gasteiger partial charge in [0.2, 0.25) is 0 Å². The van der Waals surface area contributed by atoms with Gasteiger partial charge in [-0.15, -0.1) is 0 Å². The fourth-order valence-electron chi connectivity index (χ4n) is 2.93.